The predicted octanol–water partition coefficient (Wildman–Crippen LogP) is 3.51. The first-order valence-corrected chi connectivity index (χ1v) is 14.3. The number of methoxy groups -OCH3 is 2. The van der Waals surface area contributed by atoms with Crippen LogP contribution in [0.5, 0.6) is 11.5 Å². The van der Waals surface area contributed by atoms with Gasteiger partial charge in [-0.3, -0.25) is 13.9 Å². The molecule has 0 bridgehead atoms. The average molecular weight is 574 g/mol. The highest BCUT2D eigenvalue weighted by molar-refractivity contribution is 7.92. The van der Waals surface area contributed by atoms with Crippen molar-refractivity contribution in [3.63, 3.8) is 0 Å². The summed E-state index contributed by atoms with van der Waals surface area (Å²) in [5.41, 5.74) is 1.57. The SMILES string of the molecule is CNC(=O)[C@@H](Cc1ccccc1)N(Cc1ccccc1Cl)C(=O)CN(c1cc(OC)ccc1OC)S(C)(=O)=O. The van der Waals surface area contributed by atoms with E-state index in [0.717, 1.165) is 16.1 Å². The van der Waals surface area contributed by atoms with Crippen molar-refractivity contribution in [3.05, 3.63) is 88.9 Å². The molecule has 1 atom stereocenters. The number of likely N-dealkylation sites (N-methyl/N-ethyl adjacent to an activating group) is 1. The molecule has 9 nitrogen and oxygen atoms in total. The second kappa shape index (κ2) is 13.3. The summed E-state index contributed by atoms with van der Waals surface area (Å²) in [6, 6.07) is 20.0. The molecular weight excluding hydrogens is 542 g/mol. The minimum absolute atomic E-state index is 0.0176. The van der Waals surface area contributed by atoms with E-state index in [9.17, 15) is 18.0 Å². The van der Waals surface area contributed by atoms with E-state index in [1.54, 1.807) is 36.4 Å². The highest BCUT2D eigenvalue weighted by Crippen LogP contribution is 2.34. The molecule has 1 N–H and O–H groups in total. The van der Waals surface area contributed by atoms with E-state index in [2.05, 4.69) is 5.32 Å². The lowest BCUT2D eigenvalue weighted by Gasteiger charge is -2.33. The minimum Gasteiger partial charge on any atom is -0.497 e. The lowest BCUT2D eigenvalue weighted by molar-refractivity contribution is -0.139. The number of carbonyl (C=O) groups excluding carboxylic acids is 2. The molecule has 39 heavy (non-hydrogen) atoms. The summed E-state index contributed by atoms with van der Waals surface area (Å²) in [5.74, 6) is -0.384. The summed E-state index contributed by atoms with van der Waals surface area (Å²) in [6.07, 6.45) is 1.20. The van der Waals surface area contributed by atoms with Crippen LogP contribution in [0.25, 0.3) is 0 Å². The molecule has 2 amide bonds. The number of benzene rings is 3. The molecule has 0 spiro atoms. The maximum Gasteiger partial charge on any atom is 0.244 e. The van der Waals surface area contributed by atoms with Crippen LogP contribution >= 0.6 is 11.6 Å². The number of nitrogens with one attached hydrogen (secondary N) is 1. The third-order valence-corrected chi connectivity index (χ3v) is 7.65. The molecule has 0 saturated heterocycles. The topological polar surface area (TPSA) is 105 Å². The minimum atomic E-state index is -3.97. The molecule has 208 valence electrons. The first-order chi connectivity index (χ1) is 18.6. The number of rotatable bonds is 12. The maximum absolute atomic E-state index is 14.0. The zero-order valence-electron chi connectivity index (χ0n) is 22.3. The van der Waals surface area contributed by atoms with Crippen molar-refractivity contribution in [3.8, 4) is 11.5 Å². The van der Waals surface area contributed by atoms with Crippen LogP contribution in [0, 0.1) is 0 Å². The van der Waals surface area contributed by atoms with Crippen LogP contribution in [0.15, 0.2) is 72.8 Å². The normalized spacial score (nSPS) is 11.8. The Labute approximate surface area is 234 Å². The van der Waals surface area contributed by atoms with Gasteiger partial charge in [-0.15, -0.1) is 0 Å². The maximum atomic E-state index is 14.0. The van der Waals surface area contributed by atoms with Gasteiger partial charge >= 0.3 is 0 Å². The Morgan fingerprint density at radius 3 is 2.23 bits per heavy atom. The molecule has 0 aliphatic rings. The number of amides is 2. The highest BCUT2D eigenvalue weighted by Gasteiger charge is 2.33. The molecule has 3 aromatic rings. The van der Waals surface area contributed by atoms with Gasteiger partial charge in [-0.25, -0.2) is 8.42 Å². The van der Waals surface area contributed by atoms with E-state index in [4.69, 9.17) is 21.1 Å². The molecule has 3 aromatic carbocycles. The van der Waals surface area contributed by atoms with Gasteiger partial charge in [0.15, 0.2) is 0 Å². The number of hydrogen-bond acceptors (Lipinski definition) is 6. The molecule has 0 radical (unpaired) electrons. The van der Waals surface area contributed by atoms with Crippen LogP contribution in [0.1, 0.15) is 11.1 Å². The zero-order chi connectivity index (χ0) is 28.6. The smallest absolute Gasteiger partial charge is 0.244 e. The van der Waals surface area contributed by atoms with E-state index >= 15 is 0 Å². The van der Waals surface area contributed by atoms with Crippen molar-refractivity contribution in [2.75, 3.05) is 38.4 Å². The average Bonchev–Trinajstić information content (AvgIpc) is 2.93. The van der Waals surface area contributed by atoms with E-state index in [0.29, 0.717) is 16.3 Å². The van der Waals surface area contributed by atoms with Gasteiger partial charge in [0.2, 0.25) is 21.8 Å². The fourth-order valence-corrected chi connectivity index (χ4v) is 5.16. The molecule has 0 aliphatic heterocycles. The number of hydrogen-bond donors (Lipinski definition) is 1. The highest BCUT2D eigenvalue weighted by atomic mass is 35.5. The third kappa shape index (κ3) is 7.64. The zero-order valence-corrected chi connectivity index (χ0v) is 23.8. The summed E-state index contributed by atoms with van der Waals surface area (Å²) in [5, 5.41) is 3.05. The number of nitrogens with zero attached hydrogens (tertiary/aromatic N) is 2. The van der Waals surface area contributed by atoms with Gasteiger partial charge in [-0.05, 0) is 29.3 Å². The quantitative estimate of drug-likeness (QED) is 0.355. The molecular formula is C28H32ClN3O6S. The van der Waals surface area contributed by atoms with Gasteiger partial charge in [0, 0.05) is 31.1 Å². The van der Waals surface area contributed by atoms with Gasteiger partial charge < -0.3 is 19.7 Å². The number of halogens is 1. The van der Waals surface area contributed by atoms with Gasteiger partial charge in [0.1, 0.15) is 24.1 Å². The molecule has 0 saturated carbocycles. The van der Waals surface area contributed by atoms with Crippen molar-refractivity contribution < 1.29 is 27.5 Å². The summed E-state index contributed by atoms with van der Waals surface area (Å²) in [6.45, 7) is -0.606. The molecule has 0 aliphatic carbocycles. The molecule has 0 unspecified atom stereocenters. The summed E-state index contributed by atoms with van der Waals surface area (Å²) >= 11 is 6.42. The van der Waals surface area contributed by atoms with Gasteiger partial charge in [0.25, 0.3) is 0 Å². The largest absolute Gasteiger partial charge is 0.497 e. The van der Waals surface area contributed by atoms with Crippen molar-refractivity contribution in [1.29, 1.82) is 0 Å². The van der Waals surface area contributed by atoms with E-state index in [1.165, 1.54) is 32.2 Å². The van der Waals surface area contributed by atoms with Crippen LogP contribution in [0.3, 0.4) is 0 Å². The van der Waals surface area contributed by atoms with Crippen molar-refractivity contribution in [2.24, 2.45) is 0 Å². The first-order valence-electron chi connectivity index (χ1n) is 12.1. The number of anilines is 1. The Balaban J connectivity index is 2.09. The van der Waals surface area contributed by atoms with Gasteiger partial charge in [0.05, 0.1) is 26.2 Å². The van der Waals surface area contributed by atoms with Crippen molar-refractivity contribution in [1.82, 2.24) is 10.2 Å². The lowest BCUT2D eigenvalue weighted by atomic mass is 10.0. The van der Waals surface area contributed by atoms with Crippen molar-refractivity contribution >= 4 is 39.1 Å². The number of sulfonamides is 1. The predicted molar refractivity (Wildman–Crippen MR) is 152 cm³/mol. The lowest BCUT2D eigenvalue weighted by Crippen LogP contribution is -2.53. The molecule has 0 fully saturated rings. The summed E-state index contributed by atoms with van der Waals surface area (Å²) in [4.78, 5) is 28.5. The molecule has 0 aromatic heterocycles. The monoisotopic (exact) mass is 573 g/mol. The Hall–Kier alpha value is -3.76. The Bertz CT molecular complexity index is 1400. The Morgan fingerprint density at radius 1 is 0.974 bits per heavy atom. The number of ether oxygens (including phenoxy) is 2. The van der Waals surface area contributed by atoms with Crippen LogP contribution in [-0.4, -0.2) is 65.2 Å². The van der Waals surface area contributed by atoms with Crippen LogP contribution in [-0.2, 0) is 32.6 Å². The molecule has 0 heterocycles. The third-order valence-electron chi connectivity index (χ3n) is 6.15. The molecule has 11 heteroatoms. The fraction of sp³-hybridized carbons (Fsp3) is 0.286. The van der Waals surface area contributed by atoms with E-state index < -0.39 is 34.4 Å². The van der Waals surface area contributed by atoms with Gasteiger partial charge in [-0.2, -0.15) is 0 Å². The van der Waals surface area contributed by atoms with Gasteiger partial charge in [-0.1, -0.05) is 60.1 Å². The summed E-state index contributed by atoms with van der Waals surface area (Å²) in [7, 11) is 0.367. The van der Waals surface area contributed by atoms with Crippen LogP contribution < -0.4 is 19.1 Å². The van der Waals surface area contributed by atoms with Crippen LogP contribution in [0.4, 0.5) is 5.69 Å². The second-order valence-electron chi connectivity index (χ2n) is 8.74. The Morgan fingerprint density at radius 2 is 1.64 bits per heavy atom. The fourth-order valence-electron chi connectivity index (χ4n) is 4.12. The standard InChI is InChI=1S/C28H32ClN3O6S/c1-30-28(34)25(16-20-10-6-5-7-11-20)31(18-21-12-8-9-13-23(21)29)27(33)19-32(39(4,35)36)24-17-22(37-2)14-15-26(24)38-3/h5-15,17,25H,16,18-19H2,1-4H3,(H,30,34)/t25-/m1/s1. The van der Waals surface area contributed by atoms with E-state index in [1.807, 2.05) is 30.3 Å². The van der Waals surface area contributed by atoms with Crippen molar-refractivity contribution in [2.45, 2.75) is 19.0 Å². The Kier molecular flexibility index (Phi) is 10.2. The number of carbonyl (C=O) groups is 2. The second-order valence-corrected chi connectivity index (χ2v) is 11.1. The van der Waals surface area contributed by atoms with Crippen LogP contribution in [0.2, 0.25) is 5.02 Å². The van der Waals surface area contributed by atoms with E-state index in [-0.39, 0.29) is 24.4 Å². The molecule has 3 rings (SSSR count). The summed E-state index contributed by atoms with van der Waals surface area (Å²) < 4.78 is 37.6. The first kappa shape index (κ1) is 29.8.